The van der Waals surface area contributed by atoms with Gasteiger partial charge >= 0.3 is 0 Å². The summed E-state index contributed by atoms with van der Waals surface area (Å²) in [6, 6.07) is 20.3. The summed E-state index contributed by atoms with van der Waals surface area (Å²) in [5, 5.41) is 14.6. The van der Waals surface area contributed by atoms with Crippen LogP contribution >= 0.6 is 0 Å². The maximum Gasteiger partial charge on any atom is 0.0938 e. The molecular weight excluding hydrogens is 258 g/mol. The smallest absolute Gasteiger partial charge is 0.0938 e. The van der Waals surface area contributed by atoms with Gasteiger partial charge in [0, 0.05) is 18.2 Å². The Morgan fingerprint density at radius 3 is 1.95 bits per heavy atom. The van der Waals surface area contributed by atoms with Crippen molar-refractivity contribution in [2.24, 2.45) is 5.92 Å². The van der Waals surface area contributed by atoms with Gasteiger partial charge in [0.05, 0.1) is 5.60 Å². The molecule has 0 aliphatic carbocycles. The Morgan fingerprint density at radius 1 is 0.905 bits per heavy atom. The molecule has 0 radical (unpaired) electrons. The lowest BCUT2D eigenvalue weighted by molar-refractivity contribution is -0.0214. The van der Waals surface area contributed by atoms with Crippen molar-refractivity contribution in [3.05, 3.63) is 66.2 Å². The monoisotopic (exact) mass is 283 g/mol. The number of hydrogen-bond acceptors (Lipinski definition) is 2. The third-order valence-electron chi connectivity index (χ3n) is 4.03. The van der Waals surface area contributed by atoms with Crippen LogP contribution in [-0.4, -0.2) is 11.1 Å². The van der Waals surface area contributed by atoms with E-state index in [1.165, 1.54) is 0 Å². The summed E-state index contributed by atoms with van der Waals surface area (Å²) in [5.41, 5.74) is 1.26. The highest BCUT2D eigenvalue weighted by molar-refractivity contribution is 5.43. The number of aliphatic hydroxyl groups is 1. The molecule has 0 fully saturated rings. The molecule has 2 heteroatoms. The zero-order valence-corrected chi connectivity index (χ0v) is 13.1. The van der Waals surface area contributed by atoms with E-state index in [1.54, 1.807) is 0 Å². The molecular formula is C19H25NO. The van der Waals surface area contributed by atoms with E-state index in [0.29, 0.717) is 6.42 Å². The van der Waals surface area contributed by atoms with Gasteiger partial charge in [-0.25, -0.2) is 0 Å². The van der Waals surface area contributed by atoms with Crippen molar-refractivity contribution in [1.82, 2.24) is 0 Å². The Hall–Kier alpha value is -1.80. The first-order chi connectivity index (χ1) is 10.0. The summed E-state index contributed by atoms with van der Waals surface area (Å²) in [6.45, 7) is 6.26. The molecule has 0 saturated carbocycles. The van der Waals surface area contributed by atoms with E-state index >= 15 is 0 Å². The van der Waals surface area contributed by atoms with Crippen molar-refractivity contribution in [2.75, 3.05) is 5.32 Å². The van der Waals surface area contributed by atoms with Gasteiger partial charge in [0.2, 0.25) is 0 Å². The maximum absolute atomic E-state index is 11.2. The van der Waals surface area contributed by atoms with Crippen LogP contribution in [0.25, 0.3) is 0 Å². The highest BCUT2D eigenvalue weighted by Gasteiger charge is 2.34. The summed E-state index contributed by atoms with van der Waals surface area (Å²) in [7, 11) is 0. The molecule has 2 N–H and O–H groups in total. The molecule has 21 heavy (non-hydrogen) atoms. The fourth-order valence-corrected chi connectivity index (χ4v) is 2.75. The summed E-state index contributed by atoms with van der Waals surface area (Å²) in [5.74, 6) is 0.153. The first kappa shape index (κ1) is 15.6. The molecule has 2 rings (SSSR count). The summed E-state index contributed by atoms with van der Waals surface area (Å²) >= 11 is 0. The molecule has 0 heterocycles. The molecule has 2 aromatic carbocycles. The Morgan fingerprint density at radius 2 is 1.43 bits per heavy atom. The quantitative estimate of drug-likeness (QED) is 0.822. The van der Waals surface area contributed by atoms with E-state index in [0.717, 1.165) is 11.3 Å². The molecule has 0 aliphatic heterocycles. The Bertz CT molecular complexity index is 538. The van der Waals surface area contributed by atoms with Gasteiger partial charge in [0.1, 0.15) is 0 Å². The number of rotatable bonds is 6. The van der Waals surface area contributed by atoms with Crippen molar-refractivity contribution < 1.29 is 5.11 Å². The summed E-state index contributed by atoms with van der Waals surface area (Å²) in [6.07, 6.45) is 0.670. The Balaban J connectivity index is 2.13. The second kappa shape index (κ2) is 6.77. The fourth-order valence-electron chi connectivity index (χ4n) is 2.75. The number of para-hydroxylation sites is 1. The van der Waals surface area contributed by atoms with Crippen LogP contribution in [0.3, 0.4) is 0 Å². The van der Waals surface area contributed by atoms with Crippen molar-refractivity contribution >= 4 is 5.69 Å². The van der Waals surface area contributed by atoms with E-state index in [1.807, 2.05) is 60.7 Å². The minimum absolute atomic E-state index is 0.153. The van der Waals surface area contributed by atoms with Gasteiger partial charge in [0.25, 0.3) is 0 Å². The molecule has 112 valence electrons. The fraction of sp³-hybridized carbons (Fsp3) is 0.368. The summed E-state index contributed by atoms with van der Waals surface area (Å²) < 4.78 is 0. The third-order valence-corrected chi connectivity index (χ3v) is 4.03. The molecule has 2 aromatic rings. The SMILES string of the molecule is CC(C)[C@](O)(C[C@@H](C)Nc1ccccc1)c1ccccc1. The Kier molecular flexibility index (Phi) is 5.03. The van der Waals surface area contributed by atoms with E-state index in [4.69, 9.17) is 0 Å². The van der Waals surface area contributed by atoms with Crippen LogP contribution in [0.5, 0.6) is 0 Å². The van der Waals surface area contributed by atoms with E-state index in [9.17, 15) is 5.11 Å². The topological polar surface area (TPSA) is 32.3 Å². The van der Waals surface area contributed by atoms with Crippen molar-refractivity contribution in [2.45, 2.75) is 38.8 Å². The van der Waals surface area contributed by atoms with E-state index < -0.39 is 5.60 Å². The molecule has 0 aliphatic rings. The van der Waals surface area contributed by atoms with Crippen molar-refractivity contribution in [3.8, 4) is 0 Å². The van der Waals surface area contributed by atoms with Gasteiger partial charge in [-0.3, -0.25) is 0 Å². The standard InChI is InChI=1S/C19H25NO/c1-15(2)19(21,17-10-6-4-7-11-17)14-16(3)20-18-12-8-5-9-13-18/h4-13,15-16,20-21H,14H2,1-3H3/t16-,19-/m1/s1. The molecule has 2 nitrogen and oxygen atoms in total. The van der Waals surface area contributed by atoms with Crippen LogP contribution in [0, 0.1) is 5.92 Å². The first-order valence-electron chi connectivity index (χ1n) is 7.62. The number of nitrogens with one attached hydrogen (secondary N) is 1. The second-order valence-corrected chi connectivity index (χ2v) is 6.06. The summed E-state index contributed by atoms with van der Waals surface area (Å²) in [4.78, 5) is 0. The number of benzene rings is 2. The maximum atomic E-state index is 11.2. The molecule has 0 amide bonds. The van der Waals surface area contributed by atoms with E-state index in [-0.39, 0.29) is 12.0 Å². The first-order valence-corrected chi connectivity index (χ1v) is 7.62. The van der Waals surface area contributed by atoms with Gasteiger partial charge in [-0.1, -0.05) is 62.4 Å². The minimum atomic E-state index is -0.817. The molecule has 0 bridgehead atoms. The predicted molar refractivity (Wildman–Crippen MR) is 89.3 cm³/mol. The average molecular weight is 283 g/mol. The zero-order chi connectivity index (χ0) is 15.3. The Labute approximate surface area is 127 Å². The van der Waals surface area contributed by atoms with Crippen molar-refractivity contribution in [3.63, 3.8) is 0 Å². The molecule has 0 unspecified atom stereocenters. The molecule has 0 aromatic heterocycles. The second-order valence-electron chi connectivity index (χ2n) is 6.06. The van der Waals surface area contributed by atoms with Crippen LogP contribution in [0.15, 0.2) is 60.7 Å². The van der Waals surface area contributed by atoms with Gasteiger partial charge < -0.3 is 10.4 Å². The lowest BCUT2D eigenvalue weighted by atomic mass is 9.79. The zero-order valence-electron chi connectivity index (χ0n) is 13.1. The lowest BCUT2D eigenvalue weighted by Crippen LogP contribution is -2.37. The van der Waals surface area contributed by atoms with Crippen LogP contribution < -0.4 is 5.32 Å². The van der Waals surface area contributed by atoms with Crippen molar-refractivity contribution in [1.29, 1.82) is 0 Å². The van der Waals surface area contributed by atoms with Gasteiger partial charge in [-0.15, -0.1) is 0 Å². The number of hydrogen-bond donors (Lipinski definition) is 2. The highest BCUT2D eigenvalue weighted by Crippen LogP contribution is 2.34. The van der Waals surface area contributed by atoms with Crippen LogP contribution in [-0.2, 0) is 5.60 Å². The molecule has 0 saturated heterocycles. The number of anilines is 1. The third kappa shape index (κ3) is 3.85. The normalized spacial score (nSPS) is 15.5. The van der Waals surface area contributed by atoms with Crippen LogP contribution in [0.2, 0.25) is 0 Å². The molecule has 0 spiro atoms. The predicted octanol–water partition coefficient (Wildman–Crippen LogP) is 4.42. The highest BCUT2D eigenvalue weighted by atomic mass is 16.3. The van der Waals surface area contributed by atoms with Crippen LogP contribution in [0.4, 0.5) is 5.69 Å². The van der Waals surface area contributed by atoms with Gasteiger partial charge in [-0.2, -0.15) is 0 Å². The molecule has 2 atom stereocenters. The van der Waals surface area contributed by atoms with E-state index in [2.05, 4.69) is 26.1 Å². The van der Waals surface area contributed by atoms with Gasteiger partial charge in [-0.05, 0) is 30.5 Å². The average Bonchev–Trinajstić information content (AvgIpc) is 2.48. The largest absolute Gasteiger partial charge is 0.385 e. The lowest BCUT2D eigenvalue weighted by Gasteiger charge is -2.35. The van der Waals surface area contributed by atoms with Crippen LogP contribution in [0.1, 0.15) is 32.8 Å². The minimum Gasteiger partial charge on any atom is -0.385 e. The van der Waals surface area contributed by atoms with Gasteiger partial charge in [0.15, 0.2) is 0 Å².